The average molecular weight is 283 g/mol. The lowest BCUT2D eigenvalue weighted by Gasteiger charge is -2.54. The van der Waals surface area contributed by atoms with Crippen molar-refractivity contribution in [3.63, 3.8) is 0 Å². The van der Waals surface area contributed by atoms with E-state index in [0.717, 1.165) is 30.7 Å². The van der Waals surface area contributed by atoms with Crippen LogP contribution in [0.1, 0.15) is 39.2 Å². The summed E-state index contributed by atoms with van der Waals surface area (Å²) in [6.07, 6.45) is 4.21. The Kier molecular flexibility index (Phi) is 4.36. The SMILES string of the molecule is CCOC1CC(Nc2c(C)ccnc2Cl)C1(C)CC. The summed E-state index contributed by atoms with van der Waals surface area (Å²) in [5, 5.41) is 4.12. The minimum absolute atomic E-state index is 0.168. The maximum Gasteiger partial charge on any atom is 0.152 e. The molecule has 1 aliphatic rings. The molecule has 19 heavy (non-hydrogen) atoms. The maximum absolute atomic E-state index is 6.18. The van der Waals surface area contributed by atoms with Crippen molar-refractivity contribution in [3.8, 4) is 0 Å². The topological polar surface area (TPSA) is 34.1 Å². The summed E-state index contributed by atoms with van der Waals surface area (Å²) in [7, 11) is 0. The number of pyridine rings is 1. The first-order chi connectivity index (χ1) is 9.02. The number of anilines is 1. The summed E-state index contributed by atoms with van der Waals surface area (Å²) in [6.45, 7) is 9.39. The maximum atomic E-state index is 6.18. The quantitative estimate of drug-likeness (QED) is 0.828. The highest BCUT2D eigenvalue weighted by Crippen LogP contribution is 2.47. The average Bonchev–Trinajstić information content (AvgIpc) is 2.39. The van der Waals surface area contributed by atoms with Crippen LogP contribution in [0.25, 0.3) is 0 Å². The number of rotatable bonds is 5. The lowest BCUT2D eigenvalue weighted by molar-refractivity contribution is -0.109. The molecule has 3 atom stereocenters. The minimum Gasteiger partial charge on any atom is -0.379 e. The molecule has 4 heteroatoms. The summed E-state index contributed by atoms with van der Waals surface area (Å²) in [5.41, 5.74) is 2.27. The molecule has 1 heterocycles. The van der Waals surface area contributed by atoms with E-state index in [0.29, 0.717) is 17.3 Å². The molecule has 1 aromatic heterocycles. The van der Waals surface area contributed by atoms with Gasteiger partial charge in [-0.1, -0.05) is 25.4 Å². The number of aromatic nitrogens is 1. The fourth-order valence-corrected chi connectivity index (χ4v) is 3.11. The molecule has 0 spiro atoms. The molecule has 2 rings (SSSR count). The summed E-state index contributed by atoms with van der Waals surface area (Å²) in [6, 6.07) is 2.38. The monoisotopic (exact) mass is 282 g/mol. The van der Waals surface area contributed by atoms with Gasteiger partial charge in [0, 0.05) is 24.3 Å². The molecule has 3 unspecified atom stereocenters. The van der Waals surface area contributed by atoms with Crippen molar-refractivity contribution in [1.29, 1.82) is 0 Å². The Bertz CT molecular complexity index is 432. The van der Waals surface area contributed by atoms with Crippen molar-refractivity contribution in [3.05, 3.63) is 23.0 Å². The van der Waals surface area contributed by atoms with E-state index in [-0.39, 0.29) is 5.41 Å². The Labute approximate surface area is 120 Å². The van der Waals surface area contributed by atoms with Crippen LogP contribution in [-0.4, -0.2) is 23.7 Å². The first-order valence-corrected chi connectivity index (χ1v) is 7.40. The molecule has 1 aromatic rings. The number of hydrogen-bond acceptors (Lipinski definition) is 3. The lowest BCUT2D eigenvalue weighted by Crippen LogP contribution is -2.59. The van der Waals surface area contributed by atoms with Gasteiger partial charge in [0.05, 0.1) is 11.8 Å². The van der Waals surface area contributed by atoms with E-state index in [4.69, 9.17) is 16.3 Å². The third kappa shape index (κ3) is 2.59. The van der Waals surface area contributed by atoms with Gasteiger partial charge in [-0.3, -0.25) is 0 Å². The molecular weight excluding hydrogens is 260 g/mol. The number of aryl methyl sites for hydroxylation is 1. The number of halogens is 1. The molecule has 0 saturated heterocycles. The molecule has 3 nitrogen and oxygen atoms in total. The van der Waals surface area contributed by atoms with Crippen LogP contribution in [0.3, 0.4) is 0 Å². The molecule has 0 bridgehead atoms. The summed E-state index contributed by atoms with van der Waals surface area (Å²) >= 11 is 6.18. The Hall–Kier alpha value is -0.800. The number of ether oxygens (including phenoxy) is 1. The molecule has 1 N–H and O–H groups in total. The van der Waals surface area contributed by atoms with E-state index < -0.39 is 0 Å². The standard InChI is InChI=1S/C15H23ClN2O/c1-5-15(4)11(9-12(15)19-6-2)18-13-10(3)7-8-17-14(13)16/h7-8,11-12,18H,5-6,9H2,1-4H3. The van der Waals surface area contributed by atoms with Crippen LogP contribution in [0.15, 0.2) is 12.3 Å². The van der Waals surface area contributed by atoms with Crippen LogP contribution in [0.4, 0.5) is 5.69 Å². The molecule has 0 aromatic carbocycles. The largest absolute Gasteiger partial charge is 0.379 e. The van der Waals surface area contributed by atoms with Crippen LogP contribution >= 0.6 is 11.6 Å². The van der Waals surface area contributed by atoms with Crippen molar-refractivity contribution >= 4 is 17.3 Å². The minimum atomic E-state index is 0.168. The smallest absolute Gasteiger partial charge is 0.152 e. The first-order valence-electron chi connectivity index (χ1n) is 7.02. The van der Waals surface area contributed by atoms with Gasteiger partial charge in [0.25, 0.3) is 0 Å². The van der Waals surface area contributed by atoms with Crippen LogP contribution in [0, 0.1) is 12.3 Å². The lowest BCUT2D eigenvalue weighted by atomic mass is 9.61. The van der Waals surface area contributed by atoms with Crippen molar-refractivity contribution < 1.29 is 4.74 Å². The van der Waals surface area contributed by atoms with E-state index in [2.05, 4.69) is 38.0 Å². The van der Waals surface area contributed by atoms with Crippen LogP contribution in [-0.2, 0) is 4.74 Å². The van der Waals surface area contributed by atoms with E-state index in [1.165, 1.54) is 0 Å². The molecule has 1 saturated carbocycles. The summed E-state index contributed by atoms with van der Waals surface area (Å²) < 4.78 is 5.82. The predicted octanol–water partition coefficient (Wildman–Crippen LogP) is 4.05. The van der Waals surface area contributed by atoms with Crippen molar-refractivity contribution in [2.75, 3.05) is 11.9 Å². The third-order valence-corrected chi connectivity index (χ3v) is 4.83. The van der Waals surface area contributed by atoms with Crippen molar-refractivity contribution in [2.45, 2.75) is 52.7 Å². The second kappa shape index (κ2) is 5.68. The summed E-state index contributed by atoms with van der Waals surface area (Å²) in [4.78, 5) is 4.15. The zero-order valence-corrected chi connectivity index (χ0v) is 12.9. The van der Waals surface area contributed by atoms with Crippen molar-refractivity contribution in [2.24, 2.45) is 5.41 Å². The number of nitrogens with one attached hydrogen (secondary N) is 1. The van der Waals surface area contributed by atoms with Gasteiger partial charge in [-0.05, 0) is 38.3 Å². The molecule has 1 fully saturated rings. The van der Waals surface area contributed by atoms with Crippen molar-refractivity contribution in [1.82, 2.24) is 4.98 Å². The number of hydrogen-bond donors (Lipinski definition) is 1. The third-order valence-electron chi connectivity index (χ3n) is 4.54. The second-order valence-electron chi connectivity index (χ2n) is 5.53. The van der Waals surface area contributed by atoms with E-state index >= 15 is 0 Å². The van der Waals surface area contributed by atoms with Gasteiger partial charge in [-0.15, -0.1) is 0 Å². The molecule has 106 valence electrons. The summed E-state index contributed by atoms with van der Waals surface area (Å²) in [5.74, 6) is 0. The Balaban J connectivity index is 2.12. The van der Waals surface area contributed by atoms with Gasteiger partial charge in [0.15, 0.2) is 5.15 Å². The van der Waals surface area contributed by atoms with E-state index in [9.17, 15) is 0 Å². The second-order valence-corrected chi connectivity index (χ2v) is 5.89. The predicted molar refractivity (Wildman–Crippen MR) is 79.8 cm³/mol. The van der Waals surface area contributed by atoms with Gasteiger partial charge in [0.1, 0.15) is 0 Å². The van der Waals surface area contributed by atoms with Crippen LogP contribution < -0.4 is 5.32 Å². The Morgan fingerprint density at radius 2 is 2.26 bits per heavy atom. The fraction of sp³-hybridized carbons (Fsp3) is 0.667. The van der Waals surface area contributed by atoms with Gasteiger partial charge < -0.3 is 10.1 Å². The van der Waals surface area contributed by atoms with E-state index in [1.807, 2.05) is 6.07 Å². The molecule has 0 amide bonds. The normalized spacial score (nSPS) is 29.9. The van der Waals surface area contributed by atoms with Gasteiger partial charge in [-0.2, -0.15) is 0 Å². The fourth-order valence-electron chi connectivity index (χ4n) is 2.85. The van der Waals surface area contributed by atoms with Gasteiger partial charge >= 0.3 is 0 Å². The molecule has 1 aliphatic carbocycles. The Morgan fingerprint density at radius 1 is 1.53 bits per heavy atom. The zero-order valence-electron chi connectivity index (χ0n) is 12.2. The van der Waals surface area contributed by atoms with E-state index in [1.54, 1.807) is 6.20 Å². The Morgan fingerprint density at radius 3 is 2.84 bits per heavy atom. The molecular formula is C15H23ClN2O. The number of nitrogens with zero attached hydrogens (tertiary/aromatic N) is 1. The van der Waals surface area contributed by atoms with Gasteiger partial charge in [0.2, 0.25) is 0 Å². The first kappa shape index (κ1) is 14.6. The highest BCUT2D eigenvalue weighted by molar-refractivity contribution is 6.32. The molecule has 0 aliphatic heterocycles. The highest BCUT2D eigenvalue weighted by Gasteiger charge is 2.51. The van der Waals surface area contributed by atoms with Crippen LogP contribution in [0.2, 0.25) is 5.15 Å². The highest BCUT2D eigenvalue weighted by atomic mass is 35.5. The molecule has 0 radical (unpaired) electrons. The van der Waals surface area contributed by atoms with Gasteiger partial charge in [-0.25, -0.2) is 4.98 Å². The van der Waals surface area contributed by atoms with Crippen LogP contribution in [0.5, 0.6) is 0 Å². The zero-order chi connectivity index (χ0) is 14.0.